The molecule has 0 spiro atoms. The van der Waals surface area contributed by atoms with Gasteiger partial charge in [-0.05, 0) is 0 Å². The lowest BCUT2D eigenvalue weighted by molar-refractivity contribution is -0.385. The summed E-state index contributed by atoms with van der Waals surface area (Å²) in [5, 5.41) is 18.0. The van der Waals surface area contributed by atoms with Crippen LogP contribution in [0, 0.1) is 10.1 Å². The zero-order chi connectivity index (χ0) is 11.4. The molecule has 1 aromatic rings. The van der Waals surface area contributed by atoms with Crippen LogP contribution >= 0.6 is 11.6 Å². The van der Waals surface area contributed by atoms with Crippen LogP contribution in [0.25, 0.3) is 0 Å². The van der Waals surface area contributed by atoms with Gasteiger partial charge in [0.2, 0.25) is 0 Å². The summed E-state index contributed by atoms with van der Waals surface area (Å²) in [7, 11) is 0. The Bertz CT molecular complexity index is 393. The third kappa shape index (κ3) is 2.92. The van der Waals surface area contributed by atoms with Crippen LogP contribution in [0.15, 0.2) is 24.3 Å². The van der Waals surface area contributed by atoms with E-state index in [4.69, 9.17) is 16.7 Å². The van der Waals surface area contributed by atoms with Crippen LogP contribution in [-0.4, -0.2) is 21.4 Å². The molecule has 0 aliphatic carbocycles. The fourth-order valence-corrected chi connectivity index (χ4v) is 1.31. The third-order valence-corrected chi connectivity index (χ3v) is 2.20. The lowest BCUT2D eigenvalue weighted by atomic mass is 10.1. The van der Waals surface area contributed by atoms with Gasteiger partial charge < -0.3 is 5.11 Å². The van der Waals surface area contributed by atoms with E-state index in [2.05, 4.69) is 0 Å². The Morgan fingerprint density at radius 2 is 2.13 bits per heavy atom. The number of carboxylic acids is 1. The van der Waals surface area contributed by atoms with E-state index in [-0.39, 0.29) is 12.1 Å². The first-order valence-electron chi connectivity index (χ1n) is 4.11. The fraction of sp³-hybridized carbons (Fsp3) is 0.222. The molecule has 1 rings (SSSR count). The molecule has 0 bridgehead atoms. The molecule has 0 saturated carbocycles. The average Bonchev–Trinajstić information content (AvgIpc) is 2.18. The molecule has 0 radical (unpaired) electrons. The van der Waals surface area contributed by atoms with Gasteiger partial charge >= 0.3 is 5.97 Å². The molecule has 0 aliphatic rings. The van der Waals surface area contributed by atoms with Crippen molar-refractivity contribution in [2.75, 3.05) is 0 Å². The molecule has 0 heterocycles. The summed E-state index contributed by atoms with van der Waals surface area (Å²) in [5.41, 5.74) is 0.217. The van der Waals surface area contributed by atoms with Crippen molar-refractivity contribution in [2.24, 2.45) is 0 Å². The fourth-order valence-electron chi connectivity index (χ4n) is 1.14. The minimum Gasteiger partial charge on any atom is -0.480 e. The van der Waals surface area contributed by atoms with Crippen LogP contribution in [0.2, 0.25) is 0 Å². The van der Waals surface area contributed by atoms with Crippen molar-refractivity contribution in [2.45, 2.75) is 11.8 Å². The van der Waals surface area contributed by atoms with Gasteiger partial charge in [0.15, 0.2) is 0 Å². The largest absolute Gasteiger partial charge is 0.480 e. The Balaban J connectivity index is 2.94. The molecule has 1 aromatic carbocycles. The Labute approximate surface area is 90.4 Å². The number of aliphatic carboxylic acids is 1. The summed E-state index contributed by atoms with van der Waals surface area (Å²) in [5.74, 6) is -1.19. The van der Waals surface area contributed by atoms with Gasteiger partial charge in [0.1, 0.15) is 5.38 Å². The molecule has 0 aromatic heterocycles. The second kappa shape index (κ2) is 4.75. The van der Waals surface area contributed by atoms with E-state index in [0.717, 1.165) is 0 Å². The molecule has 6 heteroatoms. The van der Waals surface area contributed by atoms with Crippen LogP contribution in [0.1, 0.15) is 5.56 Å². The highest BCUT2D eigenvalue weighted by atomic mass is 35.5. The number of halogens is 1. The van der Waals surface area contributed by atoms with Gasteiger partial charge in [-0.3, -0.25) is 14.9 Å². The molecular weight excluding hydrogens is 222 g/mol. The first kappa shape index (κ1) is 11.5. The normalized spacial score (nSPS) is 12.1. The first-order chi connectivity index (χ1) is 7.02. The number of carboxylic acid groups (broad SMARTS) is 1. The van der Waals surface area contributed by atoms with Crippen molar-refractivity contribution in [3.8, 4) is 0 Å². The minimum absolute atomic E-state index is 0.0615. The lowest BCUT2D eigenvalue weighted by Gasteiger charge is -2.04. The van der Waals surface area contributed by atoms with Crippen molar-refractivity contribution in [3.05, 3.63) is 39.9 Å². The van der Waals surface area contributed by atoms with Crippen LogP contribution in [0.5, 0.6) is 0 Å². The molecule has 0 unspecified atom stereocenters. The van der Waals surface area contributed by atoms with Crippen LogP contribution < -0.4 is 0 Å². The number of alkyl halides is 1. The van der Waals surface area contributed by atoms with E-state index >= 15 is 0 Å². The summed E-state index contributed by atoms with van der Waals surface area (Å²) in [6, 6.07) is 5.94. The predicted molar refractivity (Wildman–Crippen MR) is 54.1 cm³/mol. The second-order valence-electron chi connectivity index (χ2n) is 2.90. The number of para-hydroxylation sites is 1. The van der Waals surface area contributed by atoms with E-state index in [1.54, 1.807) is 6.07 Å². The topological polar surface area (TPSA) is 80.4 Å². The van der Waals surface area contributed by atoms with Gasteiger partial charge in [0, 0.05) is 18.1 Å². The summed E-state index contributed by atoms with van der Waals surface area (Å²) in [4.78, 5) is 20.5. The SMILES string of the molecule is O=C(O)[C@H](Cl)Cc1ccccc1[N+](=O)[O-]. The van der Waals surface area contributed by atoms with Crippen molar-refractivity contribution in [1.82, 2.24) is 0 Å². The zero-order valence-corrected chi connectivity index (χ0v) is 8.35. The van der Waals surface area contributed by atoms with Crippen molar-refractivity contribution in [3.63, 3.8) is 0 Å². The van der Waals surface area contributed by atoms with E-state index in [9.17, 15) is 14.9 Å². The molecule has 0 amide bonds. The lowest BCUT2D eigenvalue weighted by Crippen LogP contribution is -2.16. The van der Waals surface area contributed by atoms with Crippen molar-refractivity contribution < 1.29 is 14.8 Å². The smallest absolute Gasteiger partial charge is 0.321 e. The van der Waals surface area contributed by atoms with Crippen LogP contribution in [0.3, 0.4) is 0 Å². The number of rotatable bonds is 4. The van der Waals surface area contributed by atoms with Gasteiger partial charge in [0.05, 0.1) is 4.92 Å². The number of benzene rings is 1. The highest BCUT2D eigenvalue weighted by Crippen LogP contribution is 2.20. The monoisotopic (exact) mass is 229 g/mol. The summed E-state index contributed by atoms with van der Waals surface area (Å²) in [6.07, 6.45) is -0.0615. The van der Waals surface area contributed by atoms with E-state index in [1.165, 1.54) is 18.2 Å². The highest BCUT2D eigenvalue weighted by molar-refractivity contribution is 6.29. The van der Waals surface area contributed by atoms with Gasteiger partial charge in [-0.25, -0.2) is 0 Å². The quantitative estimate of drug-likeness (QED) is 0.485. The number of nitro benzene ring substituents is 1. The van der Waals surface area contributed by atoms with Crippen LogP contribution in [-0.2, 0) is 11.2 Å². The molecule has 0 saturated heterocycles. The van der Waals surface area contributed by atoms with E-state index < -0.39 is 16.3 Å². The average molecular weight is 230 g/mol. The van der Waals surface area contributed by atoms with Gasteiger partial charge in [0.25, 0.3) is 5.69 Å². The predicted octanol–water partition coefficient (Wildman–Crippen LogP) is 1.83. The molecule has 1 N–H and O–H groups in total. The summed E-state index contributed by atoms with van der Waals surface area (Å²) in [6.45, 7) is 0. The maximum Gasteiger partial charge on any atom is 0.321 e. The molecule has 1 atom stereocenters. The van der Waals surface area contributed by atoms with E-state index in [1.807, 2.05) is 0 Å². The Kier molecular flexibility index (Phi) is 3.62. The Hall–Kier alpha value is -1.62. The van der Waals surface area contributed by atoms with Gasteiger partial charge in [-0.1, -0.05) is 18.2 Å². The molecule has 0 fully saturated rings. The summed E-state index contributed by atoms with van der Waals surface area (Å²) < 4.78 is 0. The number of nitro groups is 1. The first-order valence-corrected chi connectivity index (χ1v) is 4.55. The van der Waals surface area contributed by atoms with E-state index in [0.29, 0.717) is 5.56 Å². The molecule has 15 heavy (non-hydrogen) atoms. The zero-order valence-electron chi connectivity index (χ0n) is 7.59. The van der Waals surface area contributed by atoms with Gasteiger partial charge in [-0.2, -0.15) is 0 Å². The number of hydrogen-bond acceptors (Lipinski definition) is 3. The second-order valence-corrected chi connectivity index (χ2v) is 3.42. The number of nitrogens with zero attached hydrogens (tertiary/aromatic N) is 1. The Morgan fingerprint density at radius 3 is 2.67 bits per heavy atom. The molecule has 0 aliphatic heterocycles. The standard InChI is InChI=1S/C9H8ClNO4/c10-7(9(12)13)5-6-3-1-2-4-8(6)11(14)15/h1-4,7H,5H2,(H,12,13)/t7-/m1/s1. The maximum atomic E-state index is 10.6. The van der Waals surface area contributed by atoms with Crippen LogP contribution in [0.4, 0.5) is 5.69 Å². The van der Waals surface area contributed by atoms with Crippen molar-refractivity contribution >= 4 is 23.3 Å². The van der Waals surface area contributed by atoms with Gasteiger partial charge in [-0.15, -0.1) is 11.6 Å². The van der Waals surface area contributed by atoms with Crippen molar-refractivity contribution in [1.29, 1.82) is 0 Å². The molecule has 5 nitrogen and oxygen atoms in total. The highest BCUT2D eigenvalue weighted by Gasteiger charge is 2.20. The number of carbonyl (C=O) groups is 1. The minimum atomic E-state index is -1.19. The molecule has 80 valence electrons. The maximum absolute atomic E-state index is 10.6. The number of hydrogen-bond donors (Lipinski definition) is 1. The summed E-state index contributed by atoms with van der Waals surface area (Å²) >= 11 is 5.50. The Morgan fingerprint density at radius 1 is 1.53 bits per heavy atom. The molecular formula is C9H8ClNO4. The third-order valence-electron chi connectivity index (χ3n) is 1.86.